The largest absolute Gasteiger partial charge is 0.212 e. The highest BCUT2D eigenvalue weighted by atomic mass is 14.9. The molecule has 1 nitrogen and oxygen atoms in total. The fraction of sp³-hybridized carbons (Fsp3) is 0.346. The summed E-state index contributed by atoms with van der Waals surface area (Å²) in [4.78, 5) is 0. The molecule has 0 saturated carbocycles. The zero-order valence-corrected chi connectivity index (χ0v) is 17.9. The van der Waals surface area contributed by atoms with Gasteiger partial charge in [0.15, 0.2) is 6.20 Å². The topological polar surface area (TPSA) is 3.88 Å². The van der Waals surface area contributed by atoms with E-state index in [1.807, 2.05) is 0 Å². The maximum absolute atomic E-state index is 2.39. The van der Waals surface area contributed by atoms with E-state index in [1.54, 1.807) is 0 Å². The summed E-state index contributed by atoms with van der Waals surface area (Å²) in [6.07, 6.45) is 3.36. The van der Waals surface area contributed by atoms with Gasteiger partial charge >= 0.3 is 0 Å². The number of benzene rings is 2. The van der Waals surface area contributed by atoms with Gasteiger partial charge in [0, 0.05) is 17.2 Å². The van der Waals surface area contributed by atoms with Crippen LogP contribution in [0.15, 0.2) is 54.7 Å². The Morgan fingerprint density at radius 1 is 0.778 bits per heavy atom. The van der Waals surface area contributed by atoms with E-state index in [4.69, 9.17) is 0 Å². The average molecular weight is 359 g/mol. The third kappa shape index (κ3) is 4.30. The van der Waals surface area contributed by atoms with E-state index in [0.717, 1.165) is 6.42 Å². The van der Waals surface area contributed by atoms with Gasteiger partial charge in [0.25, 0.3) is 0 Å². The molecule has 1 aromatic heterocycles. The Morgan fingerprint density at radius 3 is 2.11 bits per heavy atom. The van der Waals surface area contributed by atoms with Crippen LogP contribution in [-0.2, 0) is 13.5 Å². The van der Waals surface area contributed by atoms with Gasteiger partial charge in [-0.25, -0.2) is 4.57 Å². The zero-order valence-electron chi connectivity index (χ0n) is 17.9. The minimum atomic E-state index is 0.278. The third-order valence-corrected chi connectivity index (χ3v) is 5.28. The van der Waals surface area contributed by atoms with Crippen LogP contribution in [0.4, 0.5) is 0 Å². The maximum atomic E-state index is 2.39. The van der Waals surface area contributed by atoms with E-state index in [1.165, 1.54) is 44.6 Å². The summed E-state index contributed by atoms with van der Waals surface area (Å²) in [5.74, 6) is 0. The number of hydrogen-bond donors (Lipinski definition) is 0. The van der Waals surface area contributed by atoms with Crippen molar-refractivity contribution in [2.45, 2.75) is 48.0 Å². The van der Waals surface area contributed by atoms with Crippen molar-refractivity contribution < 1.29 is 4.57 Å². The Hall–Kier alpha value is -2.41. The lowest BCUT2D eigenvalue weighted by molar-refractivity contribution is -0.660. The maximum Gasteiger partial charge on any atom is 0.212 e. The summed E-state index contributed by atoms with van der Waals surface area (Å²) in [7, 11) is 2.16. The first kappa shape index (κ1) is 19.4. The van der Waals surface area contributed by atoms with Crippen molar-refractivity contribution in [3.05, 3.63) is 77.0 Å². The molecule has 0 bridgehead atoms. The van der Waals surface area contributed by atoms with Gasteiger partial charge in [0.1, 0.15) is 7.05 Å². The second-order valence-electron chi connectivity index (χ2n) is 9.06. The summed E-state index contributed by atoms with van der Waals surface area (Å²) in [6, 6.07) is 17.9. The molecule has 0 fully saturated rings. The first-order chi connectivity index (χ1) is 12.7. The molecule has 1 heteroatoms. The van der Waals surface area contributed by atoms with E-state index in [0.29, 0.717) is 0 Å². The van der Waals surface area contributed by atoms with Gasteiger partial charge in [-0.05, 0) is 66.5 Å². The van der Waals surface area contributed by atoms with Crippen LogP contribution in [0.5, 0.6) is 0 Å². The van der Waals surface area contributed by atoms with Crippen LogP contribution < -0.4 is 4.57 Å². The van der Waals surface area contributed by atoms with Crippen LogP contribution in [0.25, 0.3) is 22.4 Å². The Labute approximate surface area is 164 Å². The number of nitrogens with zero attached hydrogens (tertiary/aromatic N) is 1. The normalized spacial score (nSPS) is 11.7. The number of pyridine rings is 1. The molecule has 0 atom stereocenters. The van der Waals surface area contributed by atoms with Crippen molar-refractivity contribution in [3.63, 3.8) is 0 Å². The predicted octanol–water partition coefficient (Wildman–Crippen LogP) is 6.36. The Bertz CT molecular complexity index is 974. The van der Waals surface area contributed by atoms with Gasteiger partial charge in [0.2, 0.25) is 5.69 Å². The number of aryl methyl sites for hydroxylation is 4. The van der Waals surface area contributed by atoms with Crippen molar-refractivity contribution in [2.75, 3.05) is 0 Å². The molecular formula is C26H32N+. The van der Waals surface area contributed by atoms with Crippen molar-refractivity contribution in [1.82, 2.24) is 0 Å². The lowest BCUT2D eigenvalue weighted by Gasteiger charge is -2.20. The summed E-state index contributed by atoms with van der Waals surface area (Å²) in [5, 5.41) is 0. The molecule has 0 aliphatic carbocycles. The van der Waals surface area contributed by atoms with Crippen LogP contribution in [0.3, 0.4) is 0 Å². The van der Waals surface area contributed by atoms with Crippen LogP contribution in [0.2, 0.25) is 0 Å². The number of rotatable bonds is 3. The van der Waals surface area contributed by atoms with Gasteiger partial charge in [-0.15, -0.1) is 0 Å². The number of hydrogen-bond acceptors (Lipinski definition) is 0. The second kappa shape index (κ2) is 7.31. The van der Waals surface area contributed by atoms with Crippen LogP contribution in [0, 0.1) is 26.2 Å². The van der Waals surface area contributed by atoms with Gasteiger partial charge in [-0.2, -0.15) is 0 Å². The standard InChI is InChI=1S/C26H32N/c1-18-10-8-9-11-23(18)21-13-12-19(2)24(14-21)25-15-22(16-26(4,5)6)20(3)17-27(25)7/h8-15,17H,16H2,1-7H3/q+1. The summed E-state index contributed by atoms with van der Waals surface area (Å²) in [6.45, 7) is 13.5. The van der Waals surface area contributed by atoms with E-state index >= 15 is 0 Å². The van der Waals surface area contributed by atoms with Gasteiger partial charge in [-0.1, -0.05) is 57.2 Å². The third-order valence-electron chi connectivity index (χ3n) is 5.28. The Kier molecular flexibility index (Phi) is 5.24. The molecule has 0 aliphatic rings. The van der Waals surface area contributed by atoms with Crippen molar-refractivity contribution in [2.24, 2.45) is 12.5 Å². The van der Waals surface area contributed by atoms with Gasteiger partial charge in [0.05, 0.1) is 0 Å². The van der Waals surface area contributed by atoms with Crippen molar-refractivity contribution >= 4 is 0 Å². The molecule has 1 heterocycles. The fourth-order valence-electron chi connectivity index (χ4n) is 3.82. The summed E-state index contributed by atoms with van der Waals surface area (Å²) < 4.78 is 2.27. The first-order valence-corrected chi connectivity index (χ1v) is 9.82. The van der Waals surface area contributed by atoms with Gasteiger partial charge < -0.3 is 0 Å². The molecule has 0 aliphatic heterocycles. The molecule has 0 saturated heterocycles. The van der Waals surface area contributed by atoms with Crippen molar-refractivity contribution in [1.29, 1.82) is 0 Å². The number of aromatic nitrogens is 1. The zero-order chi connectivity index (χ0) is 19.8. The van der Waals surface area contributed by atoms with E-state index in [9.17, 15) is 0 Å². The Morgan fingerprint density at radius 2 is 1.44 bits per heavy atom. The Balaban J connectivity index is 2.15. The highest BCUT2D eigenvalue weighted by Gasteiger charge is 2.20. The van der Waals surface area contributed by atoms with Crippen LogP contribution >= 0.6 is 0 Å². The monoisotopic (exact) mass is 358 g/mol. The molecule has 0 N–H and O–H groups in total. The predicted molar refractivity (Wildman–Crippen MR) is 116 cm³/mol. The molecule has 0 radical (unpaired) electrons. The highest BCUT2D eigenvalue weighted by molar-refractivity contribution is 5.74. The minimum Gasteiger partial charge on any atom is -0.201 e. The lowest BCUT2D eigenvalue weighted by Crippen LogP contribution is -2.32. The molecule has 27 heavy (non-hydrogen) atoms. The molecule has 2 aromatic carbocycles. The quantitative estimate of drug-likeness (QED) is 0.480. The smallest absolute Gasteiger partial charge is 0.201 e. The molecular weight excluding hydrogens is 326 g/mol. The SMILES string of the molecule is Cc1c[n+](C)c(-c2cc(-c3ccccc3C)ccc2C)cc1CC(C)(C)C. The minimum absolute atomic E-state index is 0.278. The molecule has 0 spiro atoms. The van der Waals surface area contributed by atoms with E-state index in [2.05, 4.69) is 108 Å². The summed E-state index contributed by atoms with van der Waals surface area (Å²) >= 11 is 0. The summed E-state index contributed by atoms with van der Waals surface area (Å²) in [5.41, 5.74) is 10.9. The molecule has 0 unspecified atom stereocenters. The molecule has 140 valence electrons. The van der Waals surface area contributed by atoms with E-state index < -0.39 is 0 Å². The fourth-order valence-corrected chi connectivity index (χ4v) is 3.82. The van der Waals surface area contributed by atoms with Crippen molar-refractivity contribution in [3.8, 4) is 22.4 Å². The second-order valence-corrected chi connectivity index (χ2v) is 9.06. The molecule has 3 rings (SSSR count). The molecule has 0 amide bonds. The van der Waals surface area contributed by atoms with E-state index in [-0.39, 0.29) is 5.41 Å². The first-order valence-electron chi connectivity index (χ1n) is 9.82. The van der Waals surface area contributed by atoms with Crippen LogP contribution in [0.1, 0.15) is 43.0 Å². The highest BCUT2D eigenvalue weighted by Crippen LogP contribution is 2.31. The van der Waals surface area contributed by atoms with Gasteiger partial charge in [-0.3, -0.25) is 0 Å². The van der Waals surface area contributed by atoms with Crippen LogP contribution in [-0.4, -0.2) is 0 Å². The molecule has 3 aromatic rings. The lowest BCUT2D eigenvalue weighted by atomic mass is 9.86. The average Bonchev–Trinajstić information content (AvgIpc) is 2.58.